The first-order valence-electron chi connectivity index (χ1n) is 6.08. The Balaban J connectivity index is 1.90. The molecule has 5 nitrogen and oxygen atoms in total. The molecule has 3 rings (SSSR count). The van der Waals surface area contributed by atoms with Gasteiger partial charge in [-0.3, -0.25) is 0 Å². The van der Waals surface area contributed by atoms with Crippen molar-refractivity contribution in [3.63, 3.8) is 0 Å². The van der Waals surface area contributed by atoms with Crippen LogP contribution in [-0.4, -0.2) is 20.6 Å². The number of rotatable bonds is 3. The molecule has 0 unspecified atom stereocenters. The second-order valence-corrected chi connectivity index (χ2v) is 4.54. The van der Waals surface area contributed by atoms with Crippen LogP contribution in [0.3, 0.4) is 0 Å². The van der Waals surface area contributed by atoms with E-state index in [1.165, 1.54) is 30.9 Å². The van der Waals surface area contributed by atoms with E-state index in [1.54, 1.807) is 6.33 Å². The van der Waals surface area contributed by atoms with E-state index in [9.17, 15) is 4.79 Å². The summed E-state index contributed by atoms with van der Waals surface area (Å²) in [6.07, 6.45) is 7.59. The number of carbonyl (C=O) groups is 1. The SMILES string of the molecule is O=C(O)c1ccoc1Cn1cnc2c1CCCC2. The Labute approximate surface area is 104 Å². The van der Waals surface area contributed by atoms with Crippen LogP contribution in [0.4, 0.5) is 0 Å². The van der Waals surface area contributed by atoms with Crippen molar-refractivity contribution in [3.05, 3.63) is 41.4 Å². The minimum Gasteiger partial charge on any atom is -0.478 e. The Morgan fingerprint density at radius 3 is 3.11 bits per heavy atom. The number of carboxylic acids is 1. The van der Waals surface area contributed by atoms with Gasteiger partial charge in [-0.2, -0.15) is 0 Å². The smallest absolute Gasteiger partial charge is 0.339 e. The molecule has 1 aliphatic carbocycles. The zero-order chi connectivity index (χ0) is 12.5. The summed E-state index contributed by atoms with van der Waals surface area (Å²) in [6, 6.07) is 1.49. The molecule has 2 aromatic rings. The highest BCUT2D eigenvalue weighted by atomic mass is 16.4. The number of imidazole rings is 1. The number of hydrogen-bond acceptors (Lipinski definition) is 3. The van der Waals surface area contributed by atoms with Crippen molar-refractivity contribution in [2.24, 2.45) is 0 Å². The summed E-state index contributed by atoms with van der Waals surface area (Å²) >= 11 is 0. The predicted octanol–water partition coefficient (Wildman–Crippen LogP) is 2.10. The van der Waals surface area contributed by atoms with Gasteiger partial charge >= 0.3 is 5.97 Å². The number of aryl methyl sites for hydroxylation is 1. The van der Waals surface area contributed by atoms with Crippen LogP contribution in [0.25, 0.3) is 0 Å². The van der Waals surface area contributed by atoms with Gasteiger partial charge in [-0.25, -0.2) is 9.78 Å². The van der Waals surface area contributed by atoms with Crippen molar-refractivity contribution in [1.29, 1.82) is 0 Å². The maximum atomic E-state index is 11.0. The van der Waals surface area contributed by atoms with Crippen LogP contribution in [0, 0.1) is 0 Å². The molecule has 0 aliphatic heterocycles. The first kappa shape index (κ1) is 11.1. The number of aromatic nitrogens is 2. The lowest BCUT2D eigenvalue weighted by Crippen LogP contribution is -2.10. The van der Waals surface area contributed by atoms with Gasteiger partial charge in [0.1, 0.15) is 11.3 Å². The third-order valence-electron chi connectivity index (χ3n) is 3.40. The van der Waals surface area contributed by atoms with E-state index in [0.29, 0.717) is 12.3 Å². The lowest BCUT2D eigenvalue weighted by molar-refractivity contribution is 0.0694. The van der Waals surface area contributed by atoms with Crippen LogP contribution >= 0.6 is 0 Å². The maximum absolute atomic E-state index is 11.0. The van der Waals surface area contributed by atoms with Crippen LogP contribution in [-0.2, 0) is 19.4 Å². The van der Waals surface area contributed by atoms with Gasteiger partial charge in [0.05, 0.1) is 24.8 Å². The first-order valence-corrected chi connectivity index (χ1v) is 6.08. The quantitative estimate of drug-likeness (QED) is 0.900. The number of fused-ring (bicyclic) bond motifs is 1. The van der Waals surface area contributed by atoms with E-state index in [2.05, 4.69) is 4.98 Å². The zero-order valence-corrected chi connectivity index (χ0v) is 9.93. The standard InChI is InChI=1S/C13H14N2O3/c16-13(17)9-5-6-18-12(9)7-15-8-14-10-3-1-2-4-11(10)15/h5-6,8H,1-4,7H2,(H,16,17). The normalized spacial score (nSPS) is 14.4. The average Bonchev–Trinajstić information content (AvgIpc) is 2.97. The Bertz CT molecular complexity index is 583. The molecular weight excluding hydrogens is 232 g/mol. The van der Waals surface area contributed by atoms with Gasteiger partial charge in [0.2, 0.25) is 0 Å². The second-order valence-electron chi connectivity index (χ2n) is 4.54. The molecule has 0 saturated carbocycles. The van der Waals surface area contributed by atoms with Crippen LogP contribution in [0.15, 0.2) is 23.1 Å². The number of hydrogen-bond donors (Lipinski definition) is 1. The van der Waals surface area contributed by atoms with Gasteiger partial charge in [0.15, 0.2) is 0 Å². The molecule has 5 heteroatoms. The van der Waals surface area contributed by atoms with E-state index in [1.807, 2.05) is 4.57 Å². The molecule has 0 amide bonds. The molecule has 0 radical (unpaired) electrons. The van der Waals surface area contributed by atoms with Gasteiger partial charge in [0, 0.05) is 5.69 Å². The Kier molecular flexibility index (Phi) is 2.66. The molecule has 94 valence electrons. The van der Waals surface area contributed by atoms with Crippen molar-refractivity contribution in [3.8, 4) is 0 Å². The zero-order valence-electron chi connectivity index (χ0n) is 9.93. The van der Waals surface area contributed by atoms with E-state index < -0.39 is 5.97 Å². The lowest BCUT2D eigenvalue weighted by atomic mass is 10.0. The maximum Gasteiger partial charge on any atom is 0.339 e. The summed E-state index contributed by atoms with van der Waals surface area (Å²) in [5.41, 5.74) is 2.59. The van der Waals surface area contributed by atoms with E-state index in [4.69, 9.17) is 9.52 Å². The highest BCUT2D eigenvalue weighted by molar-refractivity contribution is 5.88. The summed E-state index contributed by atoms with van der Waals surface area (Å²) in [4.78, 5) is 15.4. The third kappa shape index (κ3) is 1.81. The van der Waals surface area contributed by atoms with Crippen molar-refractivity contribution in [1.82, 2.24) is 9.55 Å². The van der Waals surface area contributed by atoms with Crippen molar-refractivity contribution < 1.29 is 14.3 Å². The fourth-order valence-electron chi connectivity index (χ4n) is 2.48. The van der Waals surface area contributed by atoms with Crippen LogP contribution in [0.1, 0.15) is 40.3 Å². The molecule has 0 bridgehead atoms. The Morgan fingerprint density at radius 1 is 1.44 bits per heavy atom. The molecule has 2 aromatic heterocycles. The molecule has 1 N–H and O–H groups in total. The Hall–Kier alpha value is -2.04. The van der Waals surface area contributed by atoms with Crippen LogP contribution in [0.2, 0.25) is 0 Å². The molecule has 2 heterocycles. The number of furan rings is 1. The topological polar surface area (TPSA) is 68.3 Å². The first-order chi connectivity index (χ1) is 8.75. The number of aromatic carboxylic acids is 1. The number of nitrogens with zero attached hydrogens (tertiary/aromatic N) is 2. The molecule has 0 spiro atoms. The van der Waals surface area contributed by atoms with E-state index in [0.717, 1.165) is 18.5 Å². The molecule has 0 atom stereocenters. The summed E-state index contributed by atoms with van der Waals surface area (Å²) in [5, 5.41) is 9.04. The van der Waals surface area contributed by atoms with Crippen molar-refractivity contribution >= 4 is 5.97 Å². The highest BCUT2D eigenvalue weighted by Crippen LogP contribution is 2.21. The average molecular weight is 246 g/mol. The molecule has 0 fully saturated rings. The second kappa shape index (κ2) is 4.33. The minimum absolute atomic E-state index is 0.230. The Morgan fingerprint density at radius 2 is 2.28 bits per heavy atom. The summed E-state index contributed by atoms with van der Waals surface area (Å²) in [6.45, 7) is 0.441. The van der Waals surface area contributed by atoms with Gasteiger partial charge < -0.3 is 14.1 Å². The number of carboxylic acid groups (broad SMARTS) is 1. The van der Waals surface area contributed by atoms with Gasteiger partial charge in [-0.05, 0) is 31.7 Å². The molecular formula is C13H14N2O3. The van der Waals surface area contributed by atoms with E-state index >= 15 is 0 Å². The van der Waals surface area contributed by atoms with Crippen LogP contribution in [0.5, 0.6) is 0 Å². The van der Waals surface area contributed by atoms with Crippen molar-refractivity contribution in [2.45, 2.75) is 32.2 Å². The van der Waals surface area contributed by atoms with Gasteiger partial charge in [-0.15, -0.1) is 0 Å². The molecule has 1 aliphatic rings. The third-order valence-corrected chi connectivity index (χ3v) is 3.40. The fourth-order valence-corrected chi connectivity index (χ4v) is 2.48. The summed E-state index contributed by atoms with van der Waals surface area (Å²) in [7, 11) is 0. The molecule has 0 saturated heterocycles. The van der Waals surface area contributed by atoms with Crippen molar-refractivity contribution in [2.75, 3.05) is 0 Å². The largest absolute Gasteiger partial charge is 0.478 e. The summed E-state index contributed by atoms with van der Waals surface area (Å²) < 4.78 is 7.26. The summed E-state index contributed by atoms with van der Waals surface area (Å²) in [5.74, 6) is -0.471. The molecule has 0 aromatic carbocycles. The van der Waals surface area contributed by atoms with Gasteiger partial charge in [0.25, 0.3) is 0 Å². The highest BCUT2D eigenvalue weighted by Gasteiger charge is 2.18. The van der Waals surface area contributed by atoms with Crippen LogP contribution < -0.4 is 0 Å². The van der Waals surface area contributed by atoms with E-state index in [-0.39, 0.29) is 5.56 Å². The van der Waals surface area contributed by atoms with Gasteiger partial charge in [-0.1, -0.05) is 0 Å². The fraction of sp³-hybridized carbons (Fsp3) is 0.385. The minimum atomic E-state index is -0.951. The predicted molar refractivity (Wildman–Crippen MR) is 63.6 cm³/mol. The monoisotopic (exact) mass is 246 g/mol. The molecule has 18 heavy (non-hydrogen) atoms. The lowest BCUT2D eigenvalue weighted by Gasteiger charge is -2.13.